The van der Waals surface area contributed by atoms with Crippen molar-refractivity contribution in [2.75, 3.05) is 20.2 Å². The number of sulfonamides is 1. The molecule has 3 atom stereocenters. The Hall–Kier alpha value is -0.370. The van der Waals surface area contributed by atoms with Crippen LogP contribution in [-0.4, -0.2) is 50.2 Å². The Bertz CT molecular complexity index is 457. The maximum Gasteiger partial charge on any atom is 0.310 e. The lowest BCUT2D eigenvalue weighted by molar-refractivity contribution is -0.146. The summed E-state index contributed by atoms with van der Waals surface area (Å²) >= 11 is 0. The van der Waals surface area contributed by atoms with Gasteiger partial charge in [-0.1, -0.05) is 12.8 Å². The van der Waals surface area contributed by atoms with Crippen LogP contribution in [0, 0.1) is 5.92 Å². The summed E-state index contributed by atoms with van der Waals surface area (Å²) in [4.78, 5) is 11.8. The smallest absolute Gasteiger partial charge is 0.310 e. The molecule has 0 aromatic heterocycles. The van der Waals surface area contributed by atoms with E-state index in [-0.39, 0.29) is 18.4 Å². The lowest BCUT2D eigenvalue weighted by atomic mass is 9.89. The molecule has 1 heterocycles. The van der Waals surface area contributed by atoms with Crippen molar-refractivity contribution >= 4 is 28.4 Å². The van der Waals surface area contributed by atoms with Crippen LogP contribution in [0.25, 0.3) is 0 Å². The third-order valence-corrected chi connectivity index (χ3v) is 6.75. The molecule has 124 valence electrons. The lowest BCUT2D eigenvalue weighted by Crippen LogP contribution is -2.51. The molecular formula is C13H25ClN2O4S. The van der Waals surface area contributed by atoms with Gasteiger partial charge in [0, 0.05) is 19.1 Å². The zero-order valence-corrected chi connectivity index (χ0v) is 14.0. The quantitative estimate of drug-likeness (QED) is 0.771. The molecule has 1 saturated carbocycles. The summed E-state index contributed by atoms with van der Waals surface area (Å²) in [6.45, 7) is 0.882. The van der Waals surface area contributed by atoms with E-state index in [4.69, 9.17) is 10.5 Å². The average molecular weight is 341 g/mol. The summed E-state index contributed by atoms with van der Waals surface area (Å²) in [5.74, 6) is -0.934. The Morgan fingerprint density at radius 1 is 1.19 bits per heavy atom. The van der Waals surface area contributed by atoms with Gasteiger partial charge in [-0.05, 0) is 25.7 Å². The molecule has 1 saturated heterocycles. The predicted molar refractivity (Wildman–Crippen MR) is 82.7 cm³/mol. The average Bonchev–Trinajstić information content (AvgIpc) is 2.46. The van der Waals surface area contributed by atoms with Crippen molar-refractivity contribution in [1.82, 2.24) is 4.31 Å². The van der Waals surface area contributed by atoms with E-state index in [2.05, 4.69) is 0 Å². The van der Waals surface area contributed by atoms with Gasteiger partial charge in [0.15, 0.2) is 0 Å². The third-order valence-electron chi connectivity index (χ3n) is 4.37. The SMILES string of the molecule is COC(=O)C1CCCCC1S(=O)(=O)N1CCC[C@@H](N)C1.Cl. The Kier molecular flexibility index (Phi) is 6.90. The first-order valence-electron chi connectivity index (χ1n) is 7.29. The van der Waals surface area contributed by atoms with Crippen molar-refractivity contribution in [1.29, 1.82) is 0 Å². The van der Waals surface area contributed by atoms with Gasteiger partial charge in [0.25, 0.3) is 0 Å². The Morgan fingerprint density at radius 2 is 1.86 bits per heavy atom. The summed E-state index contributed by atoms with van der Waals surface area (Å²) in [7, 11) is -2.15. The fourth-order valence-corrected chi connectivity index (χ4v) is 5.56. The number of esters is 1. The second kappa shape index (κ2) is 7.76. The molecule has 21 heavy (non-hydrogen) atoms. The Balaban J connectivity index is 0.00000220. The first-order valence-corrected chi connectivity index (χ1v) is 8.79. The van der Waals surface area contributed by atoms with E-state index >= 15 is 0 Å². The number of rotatable bonds is 3. The highest BCUT2D eigenvalue weighted by molar-refractivity contribution is 7.89. The number of carbonyl (C=O) groups excluding carboxylic acids is 1. The molecule has 0 spiro atoms. The number of methoxy groups -OCH3 is 1. The molecule has 1 aliphatic carbocycles. The maximum absolute atomic E-state index is 12.8. The van der Waals surface area contributed by atoms with Crippen LogP contribution >= 0.6 is 12.4 Å². The van der Waals surface area contributed by atoms with Gasteiger partial charge in [0.05, 0.1) is 18.3 Å². The predicted octanol–water partition coefficient (Wildman–Crippen LogP) is 0.893. The van der Waals surface area contributed by atoms with Crippen LogP contribution in [0.1, 0.15) is 38.5 Å². The summed E-state index contributed by atoms with van der Waals surface area (Å²) in [5, 5.41) is -0.644. The normalized spacial score (nSPS) is 31.2. The fraction of sp³-hybridized carbons (Fsp3) is 0.923. The van der Waals surface area contributed by atoms with Gasteiger partial charge < -0.3 is 10.5 Å². The minimum atomic E-state index is -3.47. The lowest BCUT2D eigenvalue weighted by Gasteiger charge is -2.36. The molecule has 2 N–H and O–H groups in total. The topological polar surface area (TPSA) is 89.7 Å². The summed E-state index contributed by atoms with van der Waals surface area (Å²) in [5.41, 5.74) is 5.87. The Labute approximate surface area is 132 Å². The minimum absolute atomic E-state index is 0. The molecule has 0 radical (unpaired) electrons. The summed E-state index contributed by atoms with van der Waals surface area (Å²) in [6.07, 6.45) is 4.50. The van der Waals surface area contributed by atoms with E-state index in [1.165, 1.54) is 11.4 Å². The number of ether oxygens (including phenoxy) is 1. The largest absolute Gasteiger partial charge is 0.469 e. The molecule has 2 aliphatic rings. The molecule has 2 unspecified atom stereocenters. The van der Waals surface area contributed by atoms with Crippen LogP contribution in [0.3, 0.4) is 0 Å². The van der Waals surface area contributed by atoms with E-state index in [9.17, 15) is 13.2 Å². The van der Waals surface area contributed by atoms with E-state index in [0.29, 0.717) is 25.9 Å². The first kappa shape index (κ1) is 18.7. The van der Waals surface area contributed by atoms with Gasteiger partial charge in [-0.15, -0.1) is 12.4 Å². The van der Waals surface area contributed by atoms with Gasteiger partial charge in [-0.2, -0.15) is 0 Å². The van der Waals surface area contributed by atoms with E-state index in [0.717, 1.165) is 25.7 Å². The molecule has 6 nitrogen and oxygen atoms in total. The zero-order chi connectivity index (χ0) is 14.8. The van der Waals surface area contributed by atoms with Crippen LogP contribution in [0.5, 0.6) is 0 Å². The first-order chi connectivity index (χ1) is 9.46. The van der Waals surface area contributed by atoms with Crippen molar-refractivity contribution < 1.29 is 17.9 Å². The molecule has 2 fully saturated rings. The second-order valence-electron chi connectivity index (χ2n) is 5.76. The zero-order valence-electron chi connectivity index (χ0n) is 12.4. The number of piperidine rings is 1. The standard InChI is InChI=1S/C13H24N2O4S.ClH/c1-19-13(16)11-6-2-3-7-12(11)20(17,18)15-8-4-5-10(14)9-15;/h10-12H,2-9,14H2,1H3;1H/t10-,11?,12?;/m1./s1. The molecule has 2 rings (SSSR count). The molecule has 0 bridgehead atoms. The van der Waals surface area contributed by atoms with Crippen LogP contribution in [-0.2, 0) is 19.6 Å². The van der Waals surface area contributed by atoms with Crippen LogP contribution in [0.15, 0.2) is 0 Å². The highest BCUT2D eigenvalue weighted by Gasteiger charge is 2.43. The number of carbonyl (C=O) groups is 1. The maximum atomic E-state index is 12.8. The second-order valence-corrected chi connectivity index (χ2v) is 7.91. The van der Waals surface area contributed by atoms with Crippen molar-refractivity contribution in [3.8, 4) is 0 Å². The monoisotopic (exact) mass is 340 g/mol. The minimum Gasteiger partial charge on any atom is -0.469 e. The van der Waals surface area contributed by atoms with Crippen molar-refractivity contribution in [3.63, 3.8) is 0 Å². The van der Waals surface area contributed by atoms with Gasteiger partial charge in [-0.25, -0.2) is 12.7 Å². The molecule has 0 aromatic rings. The summed E-state index contributed by atoms with van der Waals surface area (Å²) in [6, 6.07) is -0.0984. The van der Waals surface area contributed by atoms with Gasteiger partial charge in [0.1, 0.15) is 0 Å². The fourth-order valence-electron chi connectivity index (χ4n) is 3.27. The van der Waals surface area contributed by atoms with Gasteiger partial charge in [-0.3, -0.25) is 4.79 Å². The molecular weight excluding hydrogens is 316 g/mol. The van der Waals surface area contributed by atoms with E-state index < -0.39 is 27.2 Å². The number of hydrogen-bond acceptors (Lipinski definition) is 5. The molecule has 0 aromatic carbocycles. The molecule has 0 amide bonds. The van der Waals surface area contributed by atoms with Crippen molar-refractivity contribution in [2.45, 2.75) is 49.8 Å². The number of halogens is 1. The molecule has 1 aliphatic heterocycles. The van der Waals surface area contributed by atoms with Crippen molar-refractivity contribution in [3.05, 3.63) is 0 Å². The van der Waals surface area contributed by atoms with Gasteiger partial charge in [0.2, 0.25) is 10.0 Å². The van der Waals surface area contributed by atoms with Crippen molar-refractivity contribution in [2.24, 2.45) is 11.7 Å². The number of nitrogens with zero attached hydrogens (tertiary/aromatic N) is 1. The third kappa shape index (κ3) is 4.09. The Morgan fingerprint density at radius 3 is 2.48 bits per heavy atom. The van der Waals surface area contributed by atoms with Crippen LogP contribution < -0.4 is 5.73 Å². The number of hydrogen-bond donors (Lipinski definition) is 1. The van der Waals surface area contributed by atoms with Crippen LogP contribution in [0.2, 0.25) is 0 Å². The van der Waals surface area contributed by atoms with Gasteiger partial charge >= 0.3 is 5.97 Å². The highest BCUT2D eigenvalue weighted by Crippen LogP contribution is 2.33. The van der Waals surface area contributed by atoms with E-state index in [1.54, 1.807) is 0 Å². The van der Waals surface area contributed by atoms with E-state index in [1.807, 2.05) is 0 Å². The number of nitrogens with two attached hydrogens (primary N) is 1. The summed E-state index contributed by atoms with van der Waals surface area (Å²) < 4.78 is 31.8. The molecule has 8 heteroatoms. The highest BCUT2D eigenvalue weighted by atomic mass is 35.5. The van der Waals surface area contributed by atoms with Crippen LogP contribution in [0.4, 0.5) is 0 Å².